The van der Waals surface area contributed by atoms with Crippen LogP contribution >= 0.6 is 0 Å². The summed E-state index contributed by atoms with van der Waals surface area (Å²) < 4.78 is 5.28. The Morgan fingerprint density at radius 3 is 2.75 bits per heavy atom. The van der Waals surface area contributed by atoms with E-state index in [0.29, 0.717) is 24.2 Å². The lowest BCUT2D eigenvalue weighted by Gasteiger charge is -2.22. The number of esters is 1. The first kappa shape index (κ1) is 18.2. The van der Waals surface area contributed by atoms with Gasteiger partial charge in [-0.1, -0.05) is 24.3 Å². The van der Waals surface area contributed by atoms with E-state index in [2.05, 4.69) is 0 Å². The van der Waals surface area contributed by atoms with E-state index < -0.39 is 5.97 Å². The molecule has 2 heterocycles. The second-order valence-electron chi connectivity index (χ2n) is 7.22. The number of amides is 2. The van der Waals surface area contributed by atoms with Crippen molar-refractivity contribution < 1.29 is 19.1 Å². The Morgan fingerprint density at radius 2 is 1.96 bits per heavy atom. The van der Waals surface area contributed by atoms with Crippen LogP contribution in [-0.4, -0.2) is 37.0 Å². The molecule has 0 N–H and O–H groups in total. The summed E-state index contributed by atoms with van der Waals surface area (Å²) in [5, 5.41) is 0. The molecule has 0 aliphatic carbocycles. The fraction of sp³-hybridized carbons (Fsp3) is 0.318. The molecule has 4 rings (SSSR count). The molecule has 2 aromatic rings. The minimum atomic E-state index is -0.568. The van der Waals surface area contributed by atoms with Crippen molar-refractivity contribution in [3.8, 4) is 0 Å². The lowest BCUT2D eigenvalue weighted by Crippen LogP contribution is -2.38. The molecule has 2 amide bonds. The third-order valence-corrected chi connectivity index (χ3v) is 5.27. The van der Waals surface area contributed by atoms with Gasteiger partial charge in [0.25, 0.3) is 5.91 Å². The van der Waals surface area contributed by atoms with Crippen molar-refractivity contribution in [1.82, 2.24) is 0 Å². The molecule has 1 atom stereocenters. The zero-order valence-corrected chi connectivity index (χ0v) is 15.8. The highest BCUT2D eigenvalue weighted by Gasteiger charge is 2.31. The lowest BCUT2D eigenvalue weighted by molar-refractivity contribution is -0.122. The molecule has 2 aliphatic heterocycles. The van der Waals surface area contributed by atoms with Gasteiger partial charge in [-0.05, 0) is 49.6 Å². The number of carbonyl (C=O) groups is 3. The SMILES string of the molecule is C[C@H]1Cc2ccccc2N1C(=O)COC(=O)c1cccc(N2CCCC2=O)c1. The summed E-state index contributed by atoms with van der Waals surface area (Å²) in [4.78, 5) is 40.4. The van der Waals surface area contributed by atoms with Crippen LogP contribution in [-0.2, 0) is 20.7 Å². The van der Waals surface area contributed by atoms with Gasteiger partial charge in [0.1, 0.15) is 0 Å². The van der Waals surface area contributed by atoms with Crippen LogP contribution in [0, 0.1) is 0 Å². The van der Waals surface area contributed by atoms with E-state index in [1.165, 1.54) is 0 Å². The van der Waals surface area contributed by atoms with Crippen molar-refractivity contribution in [2.24, 2.45) is 0 Å². The number of hydrogen-bond acceptors (Lipinski definition) is 4. The second-order valence-corrected chi connectivity index (χ2v) is 7.22. The van der Waals surface area contributed by atoms with Crippen molar-refractivity contribution in [3.05, 3.63) is 59.7 Å². The molecular weight excluding hydrogens is 356 g/mol. The normalized spacial score (nSPS) is 18.3. The van der Waals surface area contributed by atoms with Gasteiger partial charge in [0.15, 0.2) is 6.61 Å². The van der Waals surface area contributed by atoms with Crippen molar-refractivity contribution in [1.29, 1.82) is 0 Å². The van der Waals surface area contributed by atoms with Crippen LogP contribution < -0.4 is 9.80 Å². The Kier molecular flexibility index (Phi) is 4.86. The molecular formula is C22H22N2O4. The fourth-order valence-corrected chi connectivity index (χ4v) is 3.95. The summed E-state index contributed by atoms with van der Waals surface area (Å²) in [6, 6.07) is 14.6. The highest BCUT2D eigenvalue weighted by Crippen LogP contribution is 2.31. The van der Waals surface area contributed by atoms with Crippen LogP contribution in [0.4, 0.5) is 11.4 Å². The first-order valence-electron chi connectivity index (χ1n) is 9.52. The number of para-hydroxylation sites is 1. The molecule has 6 nitrogen and oxygen atoms in total. The molecule has 0 radical (unpaired) electrons. The van der Waals surface area contributed by atoms with Crippen LogP contribution in [0.25, 0.3) is 0 Å². The molecule has 0 spiro atoms. The molecule has 1 fully saturated rings. The zero-order chi connectivity index (χ0) is 19.7. The summed E-state index contributed by atoms with van der Waals surface area (Å²) in [6.07, 6.45) is 2.14. The van der Waals surface area contributed by atoms with E-state index in [-0.39, 0.29) is 24.5 Å². The van der Waals surface area contributed by atoms with Gasteiger partial charge in [0.05, 0.1) is 5.56 Å². The summed E-state index contributed by atoms with van der Waals surface area (Å²) in [7, 11) is 0. The van der Waals surface area contributed by atoms with Gasteiger partial charge in [-0.2, -0.15) is 0 Å². The third kappa shape index (κ3) is 3.38. The van der Waals surface area contributed by atoms with E-state index in [4.69, 9.17) is 4.74 Å². The van der Waals surface area contributed by atoms with Crippen LogP contribution in [0.15, 0.2) is 48.5 Å². The number of ether oxygens (including phenoxy) is 1. The molecule has 2 aliphatic rings. The van der Waals surface area contributed by atoms with Gasteiger partial charge in [-0.15, -0.1) is 0 Å². The quantitative estimate of drug-likeness (QED) is 0.767. The number of carbonyl (C=O) groups excluding carboxylic acids is 3. The van der Waals surface area contributed by atoms with Crippen molar-refractivity contribution in [2.75, 3.05) is 23.0 Å². The summed E-state index contributed by atoms with van der Waals surface area (Å²) >= 11 is 0. The minimum Gasteiger partial charge on any atom is -0.452 e. The number of hydrogen-bond donors (Lipinski definition) is 0. The van der Waals surface area contributed by atoms with Crippen LogP contribution in [0.2, 0.25) is 0 Å². The lowest BCUT2D eigenvalue weighted by atomic mass is 10.1. The van der Waals surface area contributed by atoms with Gasteiger partial charge in [-0.25, -0.2) is 4.79 Å². The summed E-state index contributed by atoms with van der Waals surface area (Å²) in [6.45, 7) is 2.32. The van der Waals surface area contributed by atoms with Gasteiger partial charge in [-0.3, -0.25) is 9.59 Å². The Bertz CT molecular complexity index is 940. The van der Waals surface area contributed by atoms with E-state index in [9.17, 15) is 14.4 Å². The van der Waals surface area contributed by atoms with Crippen LogP contribution in [0.5, 0.6) is 0 Å². The number of fused-ring (bicyclic) bond motifs is 1. The topological polar surface area (TPSA) is 66.9 Å². The molecule has 1 saturated heterocycles. The number of anilines is 2. The molecule has 0 saturated carbocycles. The van der Waals surface area contributed by atoms with Gasteiger partial charge >= 0.3 is 5.97 Å². The van der Waals surface area contributed by atoms with E-state index >= 15 is 0 Å². The van der Waals surface area contributed by atoms with Gasteiger partial charge in [0.2, 0.25) is 5.91 Å². The number of rotatable bonds is 4. The maximum absolute atomic E-state index is 12.7. The van der Waals surface area contributed by atoms with E-state index in [1.54, 1.807) is 34.1 Å². The maximum Gasteiger partial charge on any atom is 0.338 e. The predicted molar refractivity (Wildman–Crippen MR) is 105 cm³/mol. The molecule has 0 bridgehead atoms. The van der Waals surface area contributed by atoms with E-state index in [0.717, 1.165) is 24.1 Å². The second kappa shape index (κ2) is 7.46. The standard InChI is InChI=1S/C22H22N2O4/c1-15-12-16-6-2-3-9-19(16)24(15)21(26)14-28-22(27)17-7-4-8-18(13-17)23-11-5-10-20(23)25/h2-4,6-9,13,15H,5,10-12,14H2,1H3/t15-/m0/s1. The summed E-state index contributed by atoms with van der Waals surface area (Å²) in [5.41, 5.74) is 3.02. The molecule has 28 heavy (non-hydrogen) atoms. The molecule has 2 aromatic carbocycles. The first-order valence-corrected chi connectivity index (χ1v) is 9.52. The Hall–Kier alpha value is -3.15. The Balaban J connectivity index is 1.42. The Labute approximate surface area is 163 Å². The Morgan fingerprint density at radius 1 is 1.14 bits per heavy atom. The average Bonchev–Trinajstić information content (AvgIpc) is 3.28. The molecule has 0 unspecified atom stereocenters. The fourth-order valence-electron chi connectivity index (χ4n) is 3.95. The first-order chi connectivity index (χ1) is 13.5. The number of nitrogens with zero attached hydrogens (tertiary/aromatic N) is 2. The molecule has 144 valence electrons. The van der Waals surface area contributed by atoms with Gasteiger partial charge in [0, 0.05) is 30.4 Å². The largest absolute Gasteiger partial charge is 0.452 e. The van der Waals surface area contributed by atoms with Crippen LogP contribution in [0.3, 0.4) is 0 Å². The highest BCUT2D eigenvalue weighted by atomic mass is 16.5. The maximum atomic E-state index is 12.7. The van der Waals surface area contributed by atoms with Gasteiger partial charge < -0.3 is 14.5 Å². The average molecular weight is 378 g/mol. The van der Waals surface area contributed by atoms with E-state index in [1.807, 2.05) is 31.2 Å². The third-order valence-electron chi connectivity index (χ3n) is 5.27. The smallest absolute Gasteiger partial charge is 0.338 e. The minimum absolute atomic E-state index is 0.0353. The summed E-state index contributed by atoms with van der Waals surface area (Å²) in [5.74, 6) is -0.749. The number of benzene rings is 2. The molecule has 0 aromatic heterocycles. The van der Waals surface area contributed by atoms with Crippen molar-refractivity contribution in [3.63, 3.8) is 0 Å². The van der Waals surface area contributed by atoms with Crippen LogP contribution in [0.1, 0.15) is 35.7 Å². The monoisotopic (exact) mass is 378 g/mol. The highest BCUT2D eigenvalue weighted by molar-refractivity contribution is 6.00. The zero-order valence-electron chi connectivity index (χ0n) is 15.8. The molecule has 6 heteroatoms. The predicted octanol–water partition coefficient (Wildman–Crippen LogP) is 2.95. The van der Waals surface area contributed by atoms with Crippen molar-refractivity contribution in [2.45, 2.75) is 32.2 Å². The van der Waals surface area contributed by atoms with Crippen molar-refractivity contribution >= 4 is 29.2 Å².